The number of nitrogens with zero attached hydrogens (tertiary/aromatic N) is 1. The number of rotatable bonds is 4. The summed E-state index contributed by atoms with van der Waals surface area (Å²) in [7, 11) is 0. The van der Waals surface area contributed by atoms with E-state index < -0.39 is 5.97 Å². The van der Waals surface area contributed by atoms with E-state index in [9.17, 15) is 4.79 Å². The second-order valence-electron chi connectivity index (χ2n) is 3.58. The monoisotopic (exact) mass is 197 g/mol. The van der Waals surface area contributed by atoms with Gasteiger partial charge in [0.25, 0.3) is 0 Å². The molecule has 4 nitrogen and oxygen atoms in total. The summed E-state index contributed by atoms with van der Waals surface area (Å²) in [5.74, 6) is -0.418. The molecule has 0 saturated heterocycles. The van der Waals surface area contributed by atoms with Gasteiger partial charge in [0.15, 0.2) is 5.76 Å². The second-order valence-corrected chi connectivity index (χ2v) is 3.58. The van der Waals surface area contributed by atoms with Crippen molar-refractivity contribution in [2.24, 2.45) is 0 Å². The van der Waals surface area contributed by atoms with E-state index in [1.807, 2.05) is 20.8 Å². The lowest BCUT2D eigenvalue weighted by molar-refractivity contribution is 0.0693. The molecular weight excluding hydrogens is 182 g/mol. The Bertz CT molecular complexity index is 328. The van der Waals surface area contributed by atoms with Crippen LogP contribution in [0.4, 0.5) is 0 Å². The molecule has 1 aromatic heterocycles. The lowest BCUT2D eigenvalue weighted by Crippen LogP contribution is -2.04. The first-order chi connectivity index (χ1) is 6.57. The van der Waals surface area contributed by atoms with Crippen molar-refractivity contribution >= 4 is 5.97 Å². The highest BCUT2D eigenvalue weighted by Gasteiger charge is 2.23. The number of hydrogen-bond donors (Lipinski definition) is 1. The fourth-order valence-electron chi connectivity index (χ4n) is 1.37. The van der Waals surface area contributed by atoms with Crippen LogP contribution >= 0.6 is 0 Å². The molecule has 0 aromatic carbocycles. The van der Waals surface area contributed by atoms with Gasteiger partial charge in [0.1, 0.15) is 5.56 Å². The standard InChI is InChI=1S/C10H15NO3/c1-4-5-7-8(10(12)13)9(6(2)3)14-11-7/h6H,4-5H2,1-3H3,(H,12,13). The molecule has 0 atom stereocenters. The Morgan fingerprint density at radius 3 is 2.64 bits per heavy atom. The third-order valence-electron chi connectivity index (χ3n) is 2.01. The lowest BCUT2D eigenvalue weighted by Gasteiger charge is -2.00. The van der Waals surface area contributed by atoms with Crippen LogP contribution in [0.2, 0.25) is 0 Å². The lowest BCUT2D eigenvalue weighted by atomic mass is 10.0. The Kier molecular flexibility index (Phi) is 3.28. The first-order valence-corrected chi connectivity index (χ1v) is 4.79. The van der Waals surface area contributed by atoms with Gasteiger partial charge in [-0.2, -0.15) is 0 Å². The molecule has 4 heteroatoms. The minimum Gasteiger partial charge on any atom is -0.477 e. The number of carboxylic acid groups (broad SMARTS) is 1. The molecule has 0 amide bonds. The molecule has 0 aliphatic heterocycles. The second kappa shape index (κ2) is 4.26. The van der Waals surface area contributed by atoms with Crippen molar-refractivity contribution in [1.29, 1.82) is 0 Å². The maximum atomic E-state index is 11.0. The molecule has 1 aromatic rings. The topological polar surface area (TPSA) is 63.3 Å². The number of hydrogen-bond acceptors (Lipinski definition) is 3. The summed E-state index contributed by atoms with van der Waals surface area (Å²) < 4.78 is 5.04. The average molecular weight is 197 g/mol. The van der Waals surface area contributed by atoms with Crippen molar-refractivity contribution in [3.05, 3.63) is 17.0 Å². The third kappa shape index (κ3) is 1.95. The van der Waals surface area contributed by atoms with Gasteiger partial charge in [0.05, 0.1) is 5.69 Å². The van der Waals surface area contributed by atoms with Crippen molar-refractivity contribution in [1.82, 2.24) is 5.16 Å². The Labute approximate surface area is 82.9 Å². The molecule has 0 fully saturated rings. The number of carbonyl (C=O) groups is 1. The fraction of sp³-hybridized carbons (Fsp3) is 0.600. The first-order valence-electron chi connectivity index (χ1n) is 4.79. The highest BCUT2D eigenvalue weighted by Crippen LogP contribution is 2.23. The zero-order valence-corrected chi connectivity index (χ0v) is 8.70. The van der Waals surface area contributed by atoms with Crippen LogP contribution in [0.1, 0.15) is 54.9 Å². The molecule has 0 saturated carbocycles. The van der Waals surface area contributed by atoms with E-state index in [4.69, 9.17) is 9.63 Å². The van der Waals surface area contributed by atoms with Gasteiger partial charge in [-0.3, -0.25) is 0 Å². The number of aryl methyl sites for hydroxylation is 1. The molecule has 0 radical (unpaired) electrons. The zero-order valence-electron chi connectivity index (χ0n) is 8.70. The van der Waals surface area contributed by atoms with Gasteiger partial charge in [-0.1, -0.05) is 32.3 Å². The van der Waals surface area contributed by atoms with Gasteiger partial charge in [0, 0.05) is 5.92 Å². The van der Waals surface area contributed by atoms with Crippen LogP contribution in [0.15, 0.2) is 4.52 Å². The van der Waals surface area contributed by atoms with Crippen LogP contribution in [-0.2, 0) is 6.42 Å². The van der Waals surface area contributed by atoms with Crippen LogP contribution < -0.4 is 0 Å². The molecule has 0 spiro atoms. The Morgan fingerprint density at radius 1 is 1.57 bits per heavy atom. The van der Waals surface area contributed by atoms with Gasteiger partial charge in [-0.25, -0.2) is 4.79 Å². The van der Waals surface area contributed by atoms with E-state index in [0.717, 1.165) is 6.42 Å². The predicted octanol–water partition coefficient (Wildman–Crippen LogP) is 2.45. The SMILES string of the molecule is CCCc1noc(C(C)C)c1C(=O)O. The van der Waals surface area contributed by atoms with Crippen LogP contribution in [0.25, 0.3) is 0 Å². The summed E-state index contributed by atoms with van der Waals surface area (Å²) in [4.78, 5) is 11.0. The summed E-state index contributed by atoms with van der Waals surface area (Å²) in [6.45, 7) is 5.76. The summed E-state index contributed by atoms with van der Waals surface area (Å²) >= 11 is 0. The van der Waals surface area contributed by atoms with E-state index in [1.54, 1.807) is 0 Å². The van der Waals surface area contributed by atoms with Crippen LogP contribution in [-0.4, -0.2) is 16.2 Å². The molecule has 14 heavy (non-hydrogen) atoms. The fourth-order valence-corrected chi connectivity index (χ4v) is 1.37. The first kappa shape index (κ1) is 10.8. The summed E-state index contributed by atoms with van der Waals surface area (Å²) in [6.07, 6.45) is 1.52. The van der Waals surface area contributed by atoms with Crippen molar-refractivity contribution in [2.45, 2.75) is 39.5 Å². The van der Waals surface area contributed by atoms with Gasteiger partial charge < -0.3 is 9.63 Å². The van der Waals surface area contributed by atoms with E-state index in [0.29, 0.717) is 17.9 Å². The maximum absolute atomic E-state index is 11.0. The molecule has 0 aliphatic rings. The maximum Gasteiger partial charge on any atom is 0.341 e. The Balaban J connectivity index is 3.13. The minimum absolute atomic E-state index is 0.0548. The zero-order chi connectivity index (χ0) is 10.7. The van der Waals surface area contributed by atoms with Crippen molar-refractivity contribution in [3.8, 4) is 0 Å². The normalized spacial score (nSPS) is 10.9. The minimum atomic E-state index is -0.946. The summed E-state index contributed by atoms with van der Waals surface area (Å²) in [5.41, 5.74) is 0.811. The van der Waals surface area contributed by atoms with Crippen LogP contribution in [0.3, 0.4) is 0 Å². The molecule has 0 unspecified atom stereocenters. The largest absolute Gasteiger partial charge is 0.477 e. The molecule has 1 N–H and O–H groups in total. The van der Waals surface area contributed by atoms with Gasteiger partial charge >= 0.3 is 5.97 Å². The number of aromatic nitrogens is 1. The highest BCUT2D eigenvalue weighted by molar-refractivity contribution is 5.90. The van der Waals surface area contributed by atoms with Gasteiger partial charge in [-0.15, -0.1) is 0 Å². The third-order valence-corrected chi connectivity index (χ3v) is 2.01. The molecule has 0 aliphatic carbocycles. The predicted molar refractivity (Wildman–Crippen MR) is 51.5 cm³/mol. The van der Waals surface area contributed by atoms with Gasteiger partial charge in [0.2, 0.25) is 0 Å². The quantitative estimate of drug-likeness (QED) is 0.805. The van der Waals surface area contributed by atoms with E-state index in [1.165, 1.54) is 0 Å². The van der Waals surface area contributed by atoms with E-state index in [-0.39, 0.29) is 11.5 Å². The van der Waals surface area contributed by atoms with Crippen molar-refractivity contribution in [3.63, 3.8) is 0 Å². The Morgan fingerprint density at radius 2 is 2.21 bits per heavy atom. The number of carboxylic acids is 1. The molecule has 0 bridgehead atoms. The van der Waals surface area contributed by atoms with E-state index in [2.05, 4.69) is 5.16 Å². The highest BCUT2D eigenvalue weighted by atomic mass is 16.5. The van der Waals surface area contributed by atoms with Crippen molar-refractivity contribution in [2.75, 3.05) is 0 Å². The van der Waals surface area contributed by atoms with E-state index >= 15 is 0 Å². The summed E-state index contributed by atoms with van der Waals surface area (Å²) in [5, 5.41) is 12.8. The van der Waals surface area contributed by atoms with Gasteiger partial charge in [-0.05, 0) is 6.42 Å². The molecule has 78 valence electrons. The smallest absolute Gasteiger partial charge is 0.341 e. The van der Waals surface area contributed by atoms with Crippen LogP contribution in [0.5, 0.6) is 0 Å². The molecule has 1 heterocycles. The molecule has 1 rings (SSSR count). The summed E-state index contributed by atoms with van der Waals surface area (Å²) in [6, 6.07) is 0. The van der Waals surface area contributed by atoms with Crippen LogP contribution in [0, 0.1) is 0 Å². The molecular formula is C10H15NO3. The van der Waals surface area contributed by atoms with Crippen molar-refractivity contribution < 1.29 is 14.4 Å². The number of aromatic carboxylic acids is 1. The Hall–Kier alpha value is -1.32. The average Bonchev–Trinajstić information content (AvgIpc) is 2.48.